The highest BCUT2D eigenvalue weighted by Crippen LogP contribution is 2.33. The summed E-state index contributed by atoms with van der Waals surface area (Å²) in [5, 5.41) is 15.0. The highest BCUT2D eigenvalue weighted by molar-refractivity contribution is 6.32. The zero-order valence-corrected chi connectivity index (χ0v) is 23.8. The Kier molecular flexibility index (Phi) is 7.58. The maximum atomic E-state index is 13.4. The molecule has 3 aliphatic rings. The molecular weight excluding hydrogens is 528 g/mol. The van der Waals surface area contributed by atoms with Gasteiger partial charge in [0.15, 0.2) is 5.78 Å². The maximum Gasteiger partial charge on any atom is 0.257 e. The first-order valence-electron chi connectivity index (χ1n) is 14.3. The van der Waals surface area contributed by atoms with Crippen molar-refractivity contribution < 1.29 is 14.4 Å². The van der Waals surface area contributed by atoms with Crippen LogP contribution in [0.25, 0.3) is 5.57 Å². The Bertz CT molecular complexity index is 1600. The zero-order valence-electron chi connectivity index (χ0n) is 23.8. The van der Waals surface area contributed by atoms with Gasteiger partial charge in [0, 0.05) is 65.7 Å². The van der Waals surface area contributed by atoms with Gasteiger partial charge in [-0.15, -0.1) is 0 Å². The van der Waals surface area contributed by atoms with Gasteiger partial charge in [0.25, 0.3) is 5.91 Å². The number of anilines is 3. The fraction of sp³-hybridized carbons (Fsp3) is 0.273. The Balaban J connectivity index is 1.12. The minimum absolute atomic E-state index is 0.172. The number of benzene rings is 3. The summed E-state index contributed by atoms with van der Waals surface area (Å²) in [5.74, 6) is -0.604. The molecule has 9 nitrogen and oxygen atoms in total. The van der Waals surface area contributed by atoms with Gasteiger partial charge < -0.3 is 16.0 Å². The lowest BCUT2D eigenvalue weighted by Gasteiger charge is -2.18. The van der Waals surface area contributed by atoms with Crippen LogP contribution in [0.1, 0.15) is 53.2 Å². The Hall–Kier alpha value is -4.76. The van der Waals surface area contributed by atoms with Crippen molar-refractivity contribution in [3.05, 3.63) is 95.2 Å². The summed E-state index contributed by atoms with van der Waals surface area (Å²) in [5.41, 5.74) is 6.32. The van der Waals surface area contributed by atoms with E-state index >= 15 is 0 Å². The third-order valence-corrected chi connectivity index (χ3v) is 7.97. The number of carbonyl (C=O) groups excluding carboxylic acids is 3. The number of likely N-dealkylation sites (tertiary alicyclic amines) is 1. The number of fused-ring (bicyclic) bond motifs is 1. The standard InChI is InChI=1S/C33H34N6O3/c1-21-16-30(38(2)37-21)33(42)35-26-7-5-6-23(17-26)31(40)24-10-13-27-28(32(41)36-29(27)18-24)19-34-25-11-8-22(9-12-25)20-39-14-3-4-15-39/h5-13,17-19,30,34H,3-4,14-16,20H2,1-2H3,(H,35,42)(H,36,41)/b28-19-. The number of nitrogens with one attached hydrogen (secondary N) is 3. The third kappa shape index (κ3) is 5.82. The van der Waals surface area contributed by atoms with Gasteiger partial charge in [-0.05, 0) is 68.8 Å². The van der Waals surface area contributed by atoms with Crippen molar-refractivity contribution in [2.45, 2.75) is 38.8 Å². The molecule has 3 heterocycles. The number of nitrogens with zero attached hydrogens (tertiary/aromatic N) is 3. The first-order valence-corrected chi connectivity index (χ1v) is 14.3. The molecule has 42 heavy (non-hydrogen) atoms. The van der Waals surface area contributed by atoms with Crippen molar-refractivity contribution in [2.24, 2.45) is 5.10 Å². The minimum Gasteiger partial charge on any atom is -0.361 e. The average Bonchev–Trinajstić information content (AvgIpc) is 3.70. The van der Waals surface area contributed by atoms with E-state index in [0.29, 0.717) is 34.5 Å². The fourth-order valence-electron chi connectivity index (χ4n) is 5.72. The summed E-state index contributed by atoms with van der Waals surface area (Å²) in [6.07, 6.45) is 4.82. The number of hydrogen-bond acceptors (Lipinski definition) is 7. The molecule has 3 aromatic rings. The summed E-state index contributed by atoms with van der Waals surface area (Å²) >= 11 is 0. The lowest BCUT2D eigenvalue weighted by Crippen LogP contribution is -2.36. The van der Waals surface area contributed by atoms with Crippen LogP contribution < -0.4 is 16.0 Å². The smallest absolute Gasteiger partial charge is 0.257 e. The van der Waals surface area contributed by atoms with Crippen molar-refractivity contribution in [3.8, 4) is 0 Å². The Morgan fingerprint density at radius 2 is 1.76 bits per heavy atom. The molecule has 3 N–H and O–H groups in total. The predicted molar refractivity (Wildman–Crippen MR) is 165 cm³/mol. The molecule has 0 aromatic heterocycles. The van der Waals surface area contributed by atoms with E-state index in [1.165, 1.54) is 18.4 Å². The zero-order chi connectivity index (χ0) is 29.2. The van der Waals surface area contributed by atoms with Gasteiger partial charge in [0.2, 0.25) is 5.91 Å². The van der Waals surface area contributed by atoms with Gasteiger partial charge in [-0.25, -0.2) is 0 Å². The van der Waals surface area contributed by atoms with Gasteiger partial charge in [-0.2, -0.15) is 5.10 Å². The van der Waals surface area contributed by atoms with Crippen molar-refractivity contribution >= 4 is 45.9 Å². The SMILES string of the molecule is CC1=NN(C)C(C(=O)Nc2cccc(C(=O)c3ccc4c(c3)NC(=O)/C4=C\Nc3ccc(CN4CCCC4)cc3)c2)C1. The number of hydrazone groups is 1. The molecule has 214 valence electrons. The van der Waals surface area contributed by atoms with Crippen LogP contribution in [0.2, 0.25) is 0 Å². The maximum absolute atomic E-state index is 13.4. The number of rotatable bonds is 8. The molecule has 1 saturated heterocycles. The number of ketones is 1. The van der Waals surface area contributed by atoms with Crippen molar-refractivity contribution in [2.75, 3.05) is 36.1 Å². The van der Waals surface area contributed by atoms with Crippen molar-refractivity contribution in [1.82, 2.24) is 9.91 Å². The normalized spacial score (nSPS) is 19.0. The lowest BCUT2D eigenvalue weighted by atomic mass is 9.99. The molecule has 0 aliphatic carbocycles. The van der Waals surface area contributed by atoms with Crippen molar-refractivity contribution in [1.29, 1.82) is 0 Å². The van der Waals surface area contributed by atoms with Crippen LogP contribution in [0.3, 0.4) is 0 Å². The fourth-order valence-corrected chi connectivity index (χ4v) is 5.72. The number of amides is 2. The summed E-state index contributed by atoms with van der Waals surface area (Å²) in [7, 11) is 1.78. The first-order chi connectivity index (χ1) is 20.3. The molecule has 9 heteroatoms. The van der Waals surface area contributed by atoms with Crippen LogP contribution in [0, 0.1) is 0 Å². The second kappa shape index (κ2) is 11.6. The van der Waals surface area contributed by atoms with Crippen LogP contribution >= 0.6 is 0 Å². The molecule has 0 bridgehead atoms. The summed E-state index contributed by atoms with van der Waals surface area (Å²) < 4.78 is 0. The van der Waals surface area contributed by atoms with Crippen LogP contribution in [0.15, 0.2) is 78.0 Å². The van der Waals surface area contributed by atoms with Gasteiger partial charge in [-0.3, -0.25) is 24.3 Å². The number of carbonyl (C=O) groups is 3. The summed E-state index contributed by atoms with van der Waals surface area (Å²) in [4.78, 5) is 41.4. The van der Waals surface area contributed by atoms with Gasteiger partial charge in [0.1, 0.15) is 6.04 Å². The van der Waals surface area contributed by atoms with E-state index in [1.54, 1.807) is 60.7 Å². The highest BCUT2D eigenvalue weighted by Gasteiger charge is 2.29. The van der Waals surface area contributed by atoms with Crippen LogP contribution in [0.4, 0.5) is 17.1 Å². The molecule has 1 atom stereocenters. The molecule has 1 unspecified atom stereocenters. The molecule has 3 aliphatic heterocycles. The molecule has 0 saturated carbocycles. The molecular formula is C33H34N6O3. The first kappa shape index (κ1) is 27.4. The molecule has 0 radical (unpaired) electrons. The average molecular weight is 563 g/mol. The largest absolute Gasteiger partial charge is 0.361 e. The van der Waals surface area contributed by atoms with Gasteiger partial charge >= 0.3 is 0 Å². The second-order valence-electron chi connectivity index (χ2n) is 11.1. The van der Waals surface area contributed by atoms with Gasteiger partial charge in [0.05, 0.1) is 5.57 Å². The molecule has 0 spiro atoms. The monoisotopic (exact) mass is 562 g/mol. The van der Waals surface area contributed by atoms with E-state index < -0.39 is 0 Å². The van der Waals surface area contributed by atoms with Gasteiger partial charge in [-0.1, -0.05) is 36.4 Å². The lowest BCUT2D eigenvalue weighted by molar-refractivity contribution is -0.120. The summed E-state index contributed by atoms with van der Waals surface area (Å²) in [6.45, 7) is 5.18. The van der Waals surface area contributed by atoms with Crippen LogP contribution in [-0.2, 0) is 16.1 Å². The van der Waals surface area contributed by atoms with Crippen molar-refractivity contribution in [3.63, 3.8) is 0 Å². The second-order valence-corrected chi connectivity index (χ2v) is 11.1. The van der Waals surface area contributed by atoms with Crippen LogP contribution in [0.5, 0.6) is 0 Å². The molecule has 3 aromatic carbocycles. The van der Waals surface area contributed by atoms with E-state index in [4.69, 9.17) is 0 Å². The van der Waals surface area contributed by atoms with E-state index in [1.807, 2.05) is 19.1 Å². The van der Waals surface area contributed by atoms with E-state index in [2.05, 4.69) is 38.1 Å². The van der Waals surface area contributed by atoms with Crippen LogP contribution in [-0.4, -0.2) is 59.4 Å². The Morgan fingerprint density at radius 1 is 1.00 bits per heavy atom. The number of likely N-dealkylation sites (N-methyl/N-ethyl adjacent to an activating group) is 1. The molecule has 6 rings (SSSR count). The molecule has 2 amide bonds. The third-order valence-electron chi connectivity index (χ3n) is 7.97. The Labute approximate surface area is 245 Å². The Morgan fingerprint density at radius 3 is 2.50 bits per heavy atom. The van der Waals surface area contributed by atoms with E-state index in [0.717, 1.165) is 36.6 Å². The highest BCUT2D eigenvalue weighted by atomic mass is 16.2. The van der Waals surface area contributed by atoms with E-state index in [-0.39, 0.29) is 23.6 Å². The topological polar surface area (TPSA) is 106 Å². The quantitative estimate of drug-likeness (QED) is 0.265. The van der Waals surface area contributed by atoms with E-state index in [9.17, 15) is 14.4 Å². The predicted octanol–water partition coefficient (Wildman–Crippen LogP) is 4.94. The molecule has 1 fully saturated rings. The number of hydrogen-bond donors (Lipinski definition) is 3. The minimum atomic E-state index is -0.374. The summed E-state index contributed by atoms with van der Waals surface area (Å²) in [6, 6.07) is 20.0.